The predicted octanol–water partition coefficient (Wildman–Crippen LogP) is 4.96. The Morgan fingerprint density at radius 1 is 1.30 bits per heavy atom. The van der Waals surface area contributed by atoms with Gasteiger partial charge in [-0.15, -0.1) is 0 Å². The van der Waals surface area contributed by atoms with Gasteiger partial charge in [0.15, 0.2) is 0 Å². The van der Waals surface area contributed by atoms with Gasteiger partial charge in [-0.2, -0.15) is 0 Å². The van der Waals surface area contributed by atoms with E-state index in [1.54, 1.807) is 12.1 Å². The summed E-state index contributed by atoms with van der Waals surface area (Å²) in [5.41, 5.74) is 6.89. The van der Waals surface area contributed by atoms with Gasteiger partial charge in [-0.25, -0.2) is 4.39 Å². The molecule has 1 fully saturated rings. The smallest absolute Gasteiger partial charge is 0.127 e. The molecule has 1 aromatic rings. The summed E-state index contributed by atoms with van der Waals surface area (Å²) < 4.78 is 13.8. The lowest BCUT2D eigenvalue weighted by Gasteiger charge is -2.32. The van der Waals surface area contributed by atoms with Gasteiger partial charge in [0.1, 0.15) is 5.82 Å². The zero-order valence-corrected chi connectivity index (χ0v) is 13.0. The average molecular weight is 298 g/mol. The van der Waals surface area contributed by atoms with Crippen molar-refractivity contribution in [3.8, 4) is 0 Å². The van der Waals surface area contributed by atoms with E-state index in [2.05, 4.69) is 6.92 Å². The Morgan fingerprint density at radius 2 is 2.00 bits per heavy atom. The molecule has 0 aliphatic heterocycles. The van der Waals surface area contributed by atoms with E-state index in [0.717, 1.165) is 5.92 Å². The summed E-state index contributed by atoms with van der Waals surface area (Å²) in [6.07, 6.45) is 8.06. The Kier molecular flexibility index (Phi) is 5.86. The molecule has 0 radical (unpaired) electrons. The second kappa shape index (κ2) is 7.42. The lowest BCUT2D eigenvalue weighted by molar-refractivity contribution is 0.232. The van der Waals surface area contributed by atoms with Gasteiger partial charge in [0.05, 0.1) is 0 Å². The molecule has 2 N–H and O–H groups in total. The summed E-state index contributed by atoms with van der Waals surface area (Å²) >= 11 is 6.08. The van der Waals surface area contributed by atoms with E-state index < -0.39 is 0 Å². The Hall–Kier alpha value is -0.600. The first-order chi connectivity index (χ1) is 9.61. The van der Waals surface area contributed by atoms with Crippen LogP contribution >= 0.6 is 11.6 Å². The number of nitrogens with two attached hydrogens (primary N) is 1. The number of halogens is 2. The van der Waals surface area contributed by atoms with Gasteiger partial charge in [0, 0.05) is 16.6 Å². The zero-order valence-electron chi connectivity index (χ0n) is 12.2. The third-order valence-corrected chi connectivity index (χ3v) is 5.05. The van der Waals surface area contributed by atoms with Crippen LogP contribution in [-0.4, -0.2) is 6.04 Å². The molecule has 1 nitrogen and oxygen atoms in total. The molecule has 112 valence electrons. The largest absolute Gasteiger partial charge is 0.327 e. The highest BCUT2D eigenvalue weighted by Crippen LogP contribution is 2.34. The van der Waals surface area contributed by atoms with Crippen molar-refractivity contribution < 1.29 is 4.39 Å². The molecular formula is C17H25ClFN. The van der Waals surface area contributed by atoms with E-state index in [1.807, 2.05) is 0 Å². The molecule has 1 saturated carbocycles. The van der Waals surface area contributed by atoms with Crippen molar-refractivity contribution in [3.63, 3.8) is 0 Å². The molecule has 0 aromatic heterocycles. The maximum atomic E-state index is 13.8. The molecule has 0 heterocycles. The standard InChI is InChI=1S/C17H25ClFN/c1-2-4-12-7-9-13(10-8-12)17(20)11-14-15(18)5-3-6-16(14)19/h3,5-6,12-13,17H,2,4,7-11,20H2,1H3. The Balaban J connectivity index is 1.91. The van der Waals surface area contributed by atoms with Crippen LogP contribution in [0.4, 0.5) is 4.39 Å². The molecule has 0 saturated heterocycles. The first-order valence-electron chi connectivity index (χ1n) is 7.80. The fourth-order valence-corrected chi connectivity index (χ4v) is 3.68. The van der Waals surface area contributed by atoms with Crippen LogP contribution < -0.4 is 5.73 Å². The molecule has 0 amide bonds. The van der Waals surface area contributed by atoms with Gasteiger partial charge in [-0.3, -0.25) is 0 Å². The molecule has 1 atom stereocenters. The van der Waals surface area contributed by atoms with Gasteiger partial charge >= 0.3 is 0 Å². The topological polar surface area (TPSA) is 26.0 Å². The van der Waals surface area contributed by atoms with Crippen LogP contribution in [0.3, 0.4) is 0 Å². The fraction of sp³-hybridized carbons (Fsp3) is 0.647. The van der Waals surface area contributed by atoms with E-state index in [9.17, 15) is 4.39 Å². The molecule has 1 aliphatic carbocycles. The van der Waals surface area contributed by atoms with E-state index in [-0.39, 0.29) is 11.9 Å². The fourth-order valence-electron chi connectivity index (χ4n) is 3.44. The van der Waals surface area contributed by atoms with Gasteiger partial charge < -0.3 is 5.73 Å². The van der Waals surface area contributed by atoms with E-state index >= 15 is 0 Å². The molecular weight excluding hydrogens is 273 g/mol. The van der Waals surface area contributed by atoms with Crippen molar-refractivity contribution >= 4 is 11.6 Å². The number of hydrogen-bond acceptors (Lipinski definition) is 1. The van der Waals surface area contributed by atoms with Crippen molar-refractivity contribution in [1.29, 1.82) is 0 Å². The zero-order chi connectivity index (χ0) is 14.5. The molecule has 0 spiro atoms. The van der Waals surface area contributed by atoms with Crippen LogP contribution in [0.2, 0.25) is 5.02 Å². The van der Waals surface area contributed by atoms with Crippen LogP contribution in [0.15, 0.2) is 18.2 Å². The molecule has 1 unspecified atom stereocenters. The average Bonchev–Trinajstić information content (AvgIpc) is 2.44. The second-order valence-electron chi connectivity index (χ2n) is 6.14. The van der Waals surface area contributed by atoms with Crippen LogP contribution in [0, 0.1) is 17.7 Å². The number of rotatable bonds is 5. The van der Waals surface area contributed by atoms with Gasteiger partial charge in [-0.1, -0.05) is 50.3 Å². The highest BCUT2D eigenvalue weighted by Gasteiger charge is 2.26. The van der Waals surface area contributed by atoms with Crippen LogP contribution in [0.25, 0.3) is 0 Å². The van der Waals surface area contributed by atoms with E-state index in [4.69, 9.17) is 17.3 Å². The van der Waals surface area contributed by atoms with E-state index in [1.165, 1.54) is 44.6 Å². The lowest BCUT2D eigenvalue weighted by Crippen LogP contribution is -2.35. The van der Waals surface area contributed by atoms with Crippen molar-refractivity contribution in [2.75, 3.05) is 0 Å². The van der Waals surface area contributed by atoms with Crippen molar-refractivity contribution in [2.45, 2.75) is 57.9 Å². The molecule has 1 aromatic carbocycles. The third-order valence-electron chi connectivity index (χ3n) is 4.70. The van der Waals surface area contributed by atoms with Crippen molar-refractivity contribution in [1.82, 2.24) is 0 Å². The minimum atomic E-state index is -0.229. The maximum Gasteiger partial charge on any atom is 0.127 e. The highest BCUT2D eigenvalue weighted by molar-refractivity contribution is 6.31. The van der Waals surface area contributed by atoms with Crippen LogP contribution in [0.1, 0.15) is 51.0 Å². The normalized spacial score (nSPS) is 24.6. The summed E-state index contributed by atoms with van der Waals surface area (Å²) in [6, 6.07) is 4.87. The van der Waals surface area contributed by atoms with Crippen LogP contribution in [0.5, 0.6) is 0 Å². The molecule has 3 heteroatoms. The minimum Gasteiger partial charge on any atom is -0.327 e. The number of hydrogen-bond donors (Lipinski definition) is 1. The first kappa shape index (κ1) is 15.8. The Labute approximate surface area is 126 Å². The number of benzene rings is 1. The quantitative estimate of drug-likeness (QED) is 0.817. The molecule has 1 aliphatic rings. The minimum absolute atomic E-state index is 0.0203. The molecule has 2 rings (SSSR count). The lowest BCUT2D eigenvalue weighted by atomic mass is 9.76. The maximum absolute atomic E-state index is 13.8. The van der Waals surface area contributed by atoms with Crippen molar-refractivity contribution in [3.05, 3.63) is 34.6 Å². The summed E-state index contributed by atoms with van der Waals surface area (Å²) in [5.74, 6) is 1.16. The summed E-state index contributed by atoms with van der Waals surface area (Å²) in [4.78, 5) is 0. The Bertz CT molecular complexity index is 407. The predicted molar refractivity (Wildman–Crippen MR) is 83.4 cm³/mol. The highest BCUT2D eigenvalue weighted by atomic mass is 35.5. The van der Waals surface area contributed by atoms with Gasteiger partial charge in [0.2, 0.25) is 0 Å². The van der Waals surface area contributed by atoms with Crippen molar-refractivity contribution in [2.24, 2.45) is 17.6 Å². The molecule has 20 heavy (non-hydrogen) atoms. The first-order valence-corrected chi connectivity index (χ1v) is 8.18. The summed E-state index contributed by atoms with van der Waals surface area (Å²) in [7, 11) is 0. The van der Waals surface area contributed by atoms with Crippen LogP contribution in [-0.2, 0) is 6.42 Å². The van der Waals surface area contributed by atoms with Gasteiger partial charge in [-0.05, 0) is 43.2 Å². The monoisotopic (exact) mass is 297 g/mol. The third kappa shape index (κ3) is 3.95. The van der Waals surface area contributed by atoms with E-state index in [0.29, 0.717) is 22.9 Å². The molecule has 0 bridgehead atoms. The Morgan fingerprint density at radius 3 is 2.60 bits per heavy atom. The summed E-state index contributed by atoms with van der Waals surface area (Å²) in [5, 5.41) is 0.500. The SMILES string of the molecule is CCCC1CCC(C(N)Cc2c(F)cccc2Cl)CC1. The summed E-state index contributed by atoms with van der Waals surface area (Å²) in [6.45, 7) is 2.25. The second-order valence-corrected chi connectivity index (χ2v) is 6.54. The van der Waals surface area contributed by atoms with Gasteiger partial charge in [0.25, 0.3) is 0 Å².